The first-order valence-corrected chi connectivity index (χ1v) is 4.96. The van der Waals surface area contributed by atoms with Crippen LogP contribution in [0.1, 0.15) is 20.3 Å². The third kappa shape index (κ3) is 2.25. The second-order valence-corrected chi connectivity index (χ2v) is 4.93. The Bertz CT molecular complexity index is 226. The predicted molar refractivity (Wildman–Crippen MR) is 54.9 cm³/mol. The highest BCUT2D eigenvalue weighted by atomic mass is 16.3. The van der Waals surface area contributed by atoms with E-state index in [-0.39, 0.29) is 23.5 Å². The molecule has 0 saturated heterocycles. The van der Waals surface area contributed by atoms with Gasteiger partial charge in [-0.2, -0.15) is 0 Å². The van der Waals surface area contributed by atoms with Crippen LogP contribution in [0.5, 0.6) is 0 Å². The van der Waals surface area contributed by atoms with Gasteiger partial charge in [0.15, 0.2) is 0 Å². The summed E-state index contributed by atoms with van der Waals surface area (Å²) in [6, 6.07) is 0.116. The highest BCUT2D eigenvalue weighted by Gasteiger charge is 2.47. The number of carbonyl (C=O) groups excluding carboxylic acids is 1. The van der Waals surface area contributed by atoms with Crippen LogP contribution in [0.25, 0.3) is 0 Å². The molecule has 1 aliphatic carbocycles. The number of aliphatic hydroxyl groups is 1. The number of aliphatic hydroxyl groups excluding tert-OH is 1. The molecule has 1 rings (SSSR count). The molecule has 0 radical (unpaired) electrons. The fraction of sp³-hybridized carbons (Fsp3) is 0.900. The maximum absolute atomic E-state index is 11.4. The molecule has 0 bridgehead atoms. The molecule has 0 aromatic carbocycles. The number of likely N-dealkylation sites (N-methyl/N-ethyl adjacent to an activating group) is 1. The fourth-order valence-electron chi connectivity index (χ4n) is 1.67. The number of amides is 1. The number of nitrogens with one attached hydrogen (secondary N) is 1. The number of rotatable bonds is 3. The Balaban J connectivity index is 2.36. The summed E-state index contributed by atoms with van der Waals surface area (Å²) in [5, 5.41) is 12.4. The van der Waals surface area contributed by atoms with Gasteiger partial charge in [0, 0.05) is 11.5 Å². The monoisotopic (exact) mass is 200 g/mol. The Morgan fingerprint density at radius 1 is 1.57 bits per heavy atom. The molecule has 4 heteroatoms. The zero-order valence-electron chi connectivity index (χ0n) is 9.37. The Labute approximate surface area is 85.3 Å². The Morgan fingerprint density at radius 2 is 2.14 bits per heavy atom. The van der Waals surface area contributed by atoms with E-state index in [1.165, 1.54) is 0 Å². The minimum atomic E-state index is -0.285. The minimum Gasteiger partial charge on any atom is -0.392 e. The van der Waals surface area contributed by atoms with Gasteiger partial charge in [0.1, 0.15) is 0 Å². The van der Waals surface area contributed by atoms with Crippen LogP contribution in [0.4, 0.5) is 0 Å². The number of hydrogen-bond acceptors (Lipinski definition) is 3. The van der Waals surface area contributed by atoms with Crippen LogP contribution in [0.15, 0.2) is 0 Å². The van der Waals surface area contributed by atoms with Crippen LogP contribution in [0, 0.1) is 5.41 Å². The SMILES string of the molecule is CN(C)CC(=O)NC1CC(O)C1(C)C. The fourth-order valence-corrected chi connectivity index (χ4v) is 1.67. The molecule has 1 saturated carbocycles. The second-order valence-electron chi connectivity index (χ2n) is 4.93. The molecule has 14 heavy (non-hydrogen) atoms. The molecule has 0 heterocycles. The van der Waals surface area contributed by atoms with E-state index < -0.39 is 0 Å². The zero-order valence-corrected chi connectivity index (χ0v) is 9.37. The lowest BCUT2D eigenvalue weighted by atomic mass is 9.64. The van der Waals surface area contributed by atoms with Crippen molar-refractivity contribution in [1.82, 2.24) is 10.2 Å². The van der Waals surface area contributed by atoms with Gasteiger partial charge >= 0.3 is 0 Å². The van der Waals surface area contributed by atoms with E-state index in [2.05, 4.69) is 5.32 Å². The van der Waals surface area contributed by atoms with Crippen molar-refractivity contribution in [3.8, 4) is 0 Å². The second kappa shape index (κ2) is 3.87. The quantitative estimate of drug-likeness (QED) is 0.664. The van der Waals surface area contributed by atoms with E-state index in [1.54, 1.807) is 0 Å². The number of nitrogens with zero attached hydrogens (tertiary/aromatic N) is 1. The lowest BCUT2D eigenvalue weighted by molar-refractivity contribution is -0.129. The third-order valence-corrected chi connectivity index (χ3v) is 3.01. The smallest absolute Gasteiger partial charge is 0.234 e. The van der Waals surface area contributed by atoms with E-state index in [9.17, 15) is 9.90 Å². The van der Waals surface area contributed by atoms with Gasteiger partial charge in [0.05, 0.1) is 12.6 Å². The summed E-state index contributed by atoms with van der Waals surface area (Å²) in [4.78, 5) is 13.2. The van der Waals surface area contributed by atoms with Crippen LogP contribution in [-0.4, -0.2) is 48.7 Å². The normalized spacial score (nSPS) is 29.9. The van der Waals surface area contributed by atoms with Crippen molar-refractivity contribution in [2.75, 3.05) is 20.6 Å². The summed E-state index contributed by atoms with van der Waals surface area (Å²) in [7, 11) is 3.72. The summed E-state index contributed by atoms with van der Waals surface area (Å²) in [6.07, 6.45) is 0.388. The molecule has 0 spiro atoms. The number of carbonyl (C=O) groups is 1. The van der Waals surface area contributed by atoms with E-state index in [4.69, 9.17) is 0 Å². The van der Waals surface area contributed by atoms with Crippen molar-refractivity contribution in [1.29, 1.82) is 0 Å². The van der Waals surface area contributed by atoms with Crippen molar-refractivity contribution in [3.63, 3.8) is 0 Å². The zero-order chi connectivity index (χ0) is 10.9. The van der Waals surface area contributed by atoms with Gasteiger partial charge < -0.3 is 15.3 Å². The Morgan fingerprint density at radius 3 is 2.50 bits per heavy atom. The summed E-state index contributed by atoms with van der Waals surface area (Å²) in [6.45, 7) is 4.35. The van der Waals surface area contributed by atoms with Gasteiger partial charge in [0.2, 0.25) is 5.91 Å². The van der Waals surface area contributed by atoms with Crippen molar-refractivity contribution < 1.29 is 9.90 Å². The first-order valence-electron chi connectivity index (χ1n) is 4.96. The van der Waals surface area contributed by atoms with E-state index in [0.29, 0.717) is 13.0 Å². The maximum Gasteiger partial charge on any atom is 0.234 e. The molecule has 2 atom stereocenters. The number of hydrogen-bond donors (Lipinski definition) is 2. The predicted octanol–water partition coefficient (Wildman–Crippen LogP) is -0.176. The largest absolute Gasteiger partial charge is 0.392 e. The van der Waals surface area contributed by atoms with Crippen LogP contribution in [-0.2, 0) is 4.79 Å². The van der Waals surface area contributed by atoms with Gasteiger partial charge in [-0.1, -0.05) is 13.8 Å². The van der Waals surface area contributed by atoms with Gasteiger partial charge in [-0.3, -0.25) is 4.79 Å². The maximum atomic E-state index is 11.4. The van der Waals surface area contributed by atoms with Crippen LogP contribution in [0.2, 0.25) is 0 Å². The van der Waals surface area contributed by atoms with Crippen molar-refractivity contribution in [2.24, 2.45) is 5.41 Å². The summed E-state index contributed by atoms with van der Waals surface area (Å²) in [5.41, 5.74) is -0.179. The lowest BCUT2D eigenvalue weighted by Crippen LogP contribution is -2.61. The molecule has 2 N–H and O–H groups in total. The highest BCUT2D eigenvalue weighted by molar-refractivity contribution is 5.78. The van der Waals surface area contributed by atoms with Gasteiger partial charge in [-0.15, -0.1) is 0 Å². The summed E-state index contributed by atoms with van der Waals surface area (Å²) >= 11 is 0. The summed E-state index contributed by atoms with van der Waals surface area (Å²) in [5.74, 6) is 0.0278. The Kier molecular flexibility index (Phi) is 3.17. The van der Waals surface area contributed by atoms with E-state index in [0.717, 1.165) is 0 Å². The van der Waals surface area contributed by atoms with Crippen LogP contribution in [0.3, 0.4) is 0 Å². The topological polar surface area (TPSA) is 52.6 Å². The molecule has 0 aliphatic heterocycles. The van der Waals surface area contributed by atoms with Gasteiger partial charge in [-0.25, -0.2) is 0 Å². The average Bonchev–Trinajstić information content (AvgIpc) is 2.02. The van der Waals surface area contributed by atoms with Crippen LogP contribution >= 0.6 is 0 Å². The van der Waals surface area contributed by atoms with Gasteiger partial charge in [-0.05, 0) is 20.5 Å². The van der Waals surface area contributed by atoms with Gasteiger partial charge in [0.25, 0.3) is 0 Å². The van der Waals surface area contributed by atoms with Crippen molar-refractivity contribution in [2.45, 2.75) is 32.4 Å². The first kappa shape index (κ1) is 11.5. The molecule has 0 aromatic rings. The first-order chi connectivity index (χ1) is 6.34. The molecule has 1 amide bonds. The molecule has 4 nitrogen and oxygen atoms in total. The average molecular weight is 200 g/mol. The molecule has 1 fully saturated rings. The van der Waals surface area contributed by atoms with Crippen molar-refractivity contribution in [3.05, 3.63) is 0 Å². The minimum absolute atomic E-state index is 0.0278. The lowest BCUT2D eigenvalue weighted by Gasteiger charge is -2.49. The molecule has 0 aromatic heterocycles. The van der Waals surface area contributed by atoms with Crippen LogP contribution < -0.4 is 5.32 Å². The summed E-state index contributed by atoms with van der Waals surface area (Å²) < 4.78 is 0. The molecular formula is C10H20N2O2. The molecule has 82 valence electrons. The molecule has 1 aliphatic rings. The van der Waals surface area contributed by atoms with Crippen molar-refractivity contribution >= 4 is 5.91 Å². The Hall–Kier alpha value is -0.610. The van der Waals surface area contributed by atoms with E-state index >= 15 is 0 Å². The third-order valence-electron chi connectivity index (χ3n) is 3.01. The molecule has 2 unspecified atom stereocenters. The molecular weight excluding hydrogens is 180 g/mol. The highest BCUT2D eigenvalue weighted by Crippen LogP contribution is 2.40. The standard InChI is InChI=1S/C10H20N2O2/c1-10(2)7(5-8(10)13)11-9(14)6-12(3)4/h7-8,13H,5-6H2,1-4H3,(H,11,14). The van der Waals surface area contributed by atoms with E-state index in [1.807, 2.05) is 32.8 Å².